The third-order valence-electron chi connectivity index (χ3n) is 4.92. The molecule has 1 heterocycles. The van der Waals surface area contributed by atoms with Crippen LogP contribution in [0.5, 0.6) is 0 Å². The molecular formula is C24H22ClFN4. The molecule has 0 unspecified atom stereocenters. The zero-order chi connectivity index (χ0) is 20.9. The fourth-order valence-electron chi connectivity index (χ4n) is 3.38. The van der Waals surface area contributed by atoms with Gasteiger partial charge in [-0.25, -0.2) is 9.37 Å². The van der Waals surface area contributed by atoms with Gasteiger partial charge in [0.15, 0.2) is 0 Å². The molecule has 4 nitrogen and oxygen atoms in total. The maximum Gasteiger partial charge on any atom is 0.123 e. The zero-order valence-corrected chi connectivity index (χ0v) is 17.1. The van der Waals surface area contributed by atoms with Crippen LogP contribution in [0.15, 0.2) is 79.0 Å². The fraction of sp³-hybridized carbons (Fsp3) is 0.125. The molecule has 0 bridgehead atoms. The van der Waals surface area contributed by atoms with Gasteiger partial charge in [-0.2, -0.15) is 0 Å². The largest absolute Gasteiger partial charge is 0.379 e. The predicted octanol–water partition coefficient (Wildman–Crippen LogP) is 5.33. The van der Waals surface area contributed by atoms with Crippen LogP contribution in [0.1, 0.15) is 22.6 Å². The average molecular weight is 421 g/mol. The Morgan fingerprint density at radius 2 is 1.73 bits per heavy atom. The van der Waals surface area contributed by atoms with Crippen molar-refractivity contribution < 1.29 is 4.39 Å². The van der Waals surface area contributed by atoms with Crippen molar-refractivity contribution in [2.75, 3.05) is 5.32 Å². The SMILES string of the molecule is NCc1ccc(F)cc1Cc1nc(CNc2ccccc2)cn1-c1ccc(Cl)cc1. The Kier molecular flexibility index (Phi) is 6.12. The molecule has 0 saturated carbocycles. The maximum absolute atomic E-state index is 13.9. The number of rotatable bonds is 7. The van der Waals surface area contributed by atoms with Gasteiger partial charge >= 0.3 is 0 Å². The van der Waals surface area contributed by atoms with Crippen molar-refractivity contribution in [1.82, 2.24) is 9.55 Å². The number of para-hydroxylation sites is 1. The summed E-state index contributed by atoms with van der Waals surface area (Å²) in [6.45, 7) is 0.921. The Morgan fingerprint density at radius 3 is 2.47 bits per heavy atom. The number of halogens is 2. The monoisotopic (exact) mass is 420 g/mol. The minimum absolute atomic E-state index is 0.280. The molecule has 0 amide bonds. The molecule has 3 N–H and O–H groups in total. The van der Waals surface area contributed by atoms with E-state index in [1.165, 1.54) is 12.1 Å². The molecule has 1 aromatic heterocycles. The van der Waals surface area contributed by atoms with Crippen LogP contribution < -0.4 is 11.1 Å². The summed E-state index contributed by atoms with van der Waals surface area (Å²) in [5.74, 6) is 0.528. The standard InChI is InChI=1S/C24H22ClFN4/c25-19-7-10-23(11-8-19)30-16-22(15-28-21-4-2-1-3-5-21)29-24(30)13-18-12-20(26)9-6-17(18)14-27/h1-12,16,28H,13-15,27H2. The van der Waals surface area contributed by atoms with Crippen molar-refractivity contribution in [3.63, 3.8) is 0 Å². The van der Waals surface area contributed by atoms with Crippen LogP contribution in [0.25, 0.3) is 5.69 Å². The van der Waals surface area contributed by atoms with Crippen LogP contribution in [0.4, 0.5) is 10.1 Å². The normalized spacial score (nSPS) is 10.9. The predicted molar refractivity (Wildman–Crippen MR) is 119 cm³/mol. The minimum atomic E-state index is -0.280. The number of anilines is 1. The number of aromatic nitrogens is 2. The molecule has 0 radical (unpaired) electrons. The van der Waals surface area contributed by atoms with Crippen LogP contribution in [-0.2, 0) is 19.5 Å². The molecule has 4 aromatic rings. The molecule has 0 aliphatic heterocycles. The van der Waals surface area contributed by atoms with E-state index < -0.39 is 0 Å². The van der Waals surface area contributed by atoms with Crippen molar-refractivity contribution >= 4 is 17.3 Å². The van der Waals surface area contributed by atoms with Crippen LogP contribution >= 0.6 is 11.6 Å². The first-order valence-electron chi connectivity index (χ1n) is 9.72. The van der Waals surface area contributed by atoms with E-state index in [-0.39, 0.29) is 5.82 Å². The first kappa shape index (κ1) is 20.1. The van der Waals surface area contributed by atoms with Gasteiger partial charge in [0.25, 0.3) is 0 Å². The van der Waals surface area contributed by atoms with Crippen LogP contribution in [-0.4, -0.2) is 9.55 Å². The summed E-state index contributed by atoms with van der Waals surface area (Å²) >= 11 is 6.06. The number of nitrogens with zero attached hydrogens (tertiary/aromatic N) is 2. The Bertz CT molecular complexity index is 1120. The highest BCUT2D eigenvalue weighted by atomic mass is 35.5. The Labute approximate surface area is 180 Å². The molecule has 0 saturated heterocycles. The molecule has 3 aromatic carbocycles. The lowest BCUT2D eigenvalue weighted by Crippen LogP contribution is -2.06. The van der Waals surface area contributed by atoms with Crippen molar-refractivity contribution in [2.45, 2.75) is 19.5 Å². The highest BCUT2D eigenvalue weighted by molar-refractivity contribution is 6.30. The Hall–Kier alpha value is -3.15. The van der Waals surface area contributed by atoms with E-state index in [9.17, 15) is 4.39 Å². The second-order valence-corrected chi connectivity index (χ2v) is 7.44. The second-order valence-electron chi connectivity index (χ2n) is 7.01. The summed E-state index contributed by atoms with van der Waals surface area (Å²) in [6.07, 6.45) is 2.47. The lowest BCUT2D eigenvalue weighted by molar-refractivity contribution is 0.624. The summed E-state index contributed by atoms with van der Waals surface area (Å²) in [5, 5.41) is 4.05. The number of hydrogen-bond donors (Lipinski definition) is 2. The number of hydrogen-bond acceptors (Lipinski definition) is 3. The second kappa shape index (κ2) is 9.11. The van der Waals surface area contributed by atoms with Gasteiger partial charge < -0.3 is 15.6 Å². The van der Waals surface area contributed by atoms with Crippen LogP contribution in [0.3, 0.4) is 0 Å². The number of nitrogens with one attached hydrogen (secondary N) is 1. The number of imidazole rings is 1. The van der Waals surface area contributed by atoms with Crippen molar-refractivity contribution in [1.29, 1.82) is 0 Å². The van der Waals surface area contributed by atoms with Gasteiger partial charge in [-0.3, -0.25) is 0 Å². The van der Waals surface area contributed by atoms with E-state index >= 15 is 0 Å². The van der Waals surface area contributed by atoms with Gasteiger partial charge in [0.05, 0.1) is 12.2 Å². The first-order valence-corrected chi connectivity index (χ1v) is 10.1. The van der Waals surface area contributed by atoms with Crippen LogP contribution in [0, 0.1) is 5.82 Å². The molecule has 6 heteroatoms. The van der Waals surface area contributed by atoms with Crippen molar-refractivity contribution in [3.05, 3.63) is 112 Å². The topological polar surface area (TPSA) is 55.9 Å². The van der Waals surface area contributed by atoms with Crippen LogP contribution in [0.2, 0.25) is 5.02 Å². The molecule has 0 spiro atoms. The van der Waals surface area contributed by atoms with Gasteiger partial charge in [0.2, 0.25) is 0 Å². The van der Waals surface area contributed by atoms with Gasteiger partial charge in [-0.05, 0) is 59.7 Å². The van der Waals surface area contributed by atoms with E-state index in [1.807, 2.05) is 65.4 Å². The average Bonchev–Trinajstić information content (AvgIpc) is 3.16. The molecular weight excluding hydrogens is 399 g/mol. The third kappa shape index (κ3) is 4.70. The summed E-state index contributed by atoms with van der Waals surface area (Å²) in [5.41, 5.74) is 10.5. The first-order chi connectivity index (χ1) is 14.6. The number of nitrogens with two attached hydrogens (primary N) is 1. The van der Waals surface area contributed by atoms with E-state index in [1.54, 1.807) is 6.07 Å². The zero-order valence-electron chi connectivity index (χ0n) is 16.4. The highest BCUT2D eigenvalue weighted by Crippen LogP contribution is 2.21. The Balaban J connectivity index is 1.67. The molecule has 0 atom stereocenters. The van der Waals surface area contributed by atoms with E-state index in [0.717, 1.165) is 34.0 Å². The molecule has 0 aliphatic carbocycles. The smallest absolute Gasteiger partial charge is 0.123 e. The van der Waals surface area contributed by atoms with Gasteiger partial charge in [-0.1, -0.05) is 35.9 Å². The lowest BCUT2D eigenvalue weighted by atomic mass is 10.0. The van der Waals surface area contributed by atoms with E-state index in [0.29, 0.717) is 24.5 Å². The quantitative estimate of drug-likeness (QED) is 0.425. The highest BCUT2D eigenvalue weighted by Gasteiger charge is 2.13. The Morgan fingerprint density at radius 1 is 0.967 bits per heavy atom. The van der Waals surface area contributed by atoms with E-state index in [2.05, 4.69) is 5.32 Å². The number of benzene rings is 3. The summed E-state index contributed by atoms with van der Waals surface area (Å²) in [6, 6.07) is 22.2. The fourth-order valence-corrected chi connectivity index (χ4v) is 3.51. The molecule has 4 rings (SSSR count). The molecule has 152 valence electrons. The summed E-state index contributed by atoms with van der Waals surface area (Å²) in [7, 11) is 0. The van der Waals surface area contributed by atoms with E-state index in [4.69, 9.17) is 22.3 Å². The lowest BCUT2D eigenvalue weighted by Gasteiger charge is -2.11. The molecule has 30 heavy (non-hydrogen) atoms. The minimum Gasteiger partial charge on any atom is -0.379 e. The molecule has 0 fully saturated rings. The molecule has 0 aliphatic rings. The van der Waals surface area contributed by atoms with Crippen molar-refractivity contribution in [3.8, 4) is 5.69 Å². The maximum atomic E-state index is 13.9. The van der Waals surface area contributed by atoms with Gasteiger partial charge in [-0.15, -0.1) is 0 Å². The summed E-state index contributed by atoms with van der Waals surface area (Å²) in [4.78, 5) is 4.83. The summed E-state index contributed by atoms with van der Waals surface area (Å²) < 4.78 is 15.9. The van der Waals surface area contributed by atoms with Crippen molar-refractivity contribution in [2.24, 2.45) is 5.73 Å². The van der Waals surface area contributed by atoms with Gasteiger partial charge in [0, 0.05) is 35.6 Å². The van der Waals surface area contributed by atoms with Gasteiger partial charge in [0.1, 0.15) is 11.6 Å². The third-order valence-corrected chi connectivity index (χ3v) is 5.17.